The predicted octanol–water partition coefficient (Wildman–Crippen LogP) is 2.45. The van der Waals surface area contributed by atoms with Gasteiger partial charge in [0.15, 0.2) is 5.96 Å². The van der Waals surface area contributed by atoms with Crippen molar-refractivity contribution in [3.8, 4) is 0 Å². The van der Waals surface area contributed by atoms with Crippen molar-refractivity contribution < 1.29 is 4.42 Å². The number of nitrogens with zero attached hydrogens (tertiary/aromatic N) is 1. The van der Waals surface area contributed by atoms with E-state index < -0.39 is 0 Å². The normalized spacial score (nSPS) is 19.7. The van der Waals surface area contributed by atoms with Crippen LogP contribution in [0.3, 0.4) is 0 Å². The number of nitrogens with two attached hydrogens (primary N) is 1. The van der Waals surface area contributed by atoms with Gasteiger partial charge in [-0.2, -0.15) is 0 Å². The number of hydrogen-bond acceptors (Lipinski definition) is 2. The topological polar surface area (TPSA) is 63.5 Å². The lowest BCUT2D eigenvalue weighted by molar-refractivity contribution is 0.440. The molecule has 1 unspecified atom stereocenters. The first kappa shape index (κ1) is 13.0. The Bertz CT molecular complexity index is 366. The molecule has 0 aliphatic heterocycles. The first-order valence-corrected chi connectivity index (χ1v) is 6.86. The maximum Gasteiger partial charge on any atom is 0.189 e. The van der Waals surface area contributed by atoms with Crippen LogP contribution in [0.4, 0.5) is 0 Å². The Morgan fingerprint density at radius 3 is 2.94 bits per heavy atom. The van der Waals surface area contributed by atoms with Gasteiger partial charge >= 0.3 is 0 Å². The van der Waals surface area contributed by atoms with Crippen LogP contribution >= 0.6 is 0 Å². The second-order valence-corrected chi connectivity index (χ2v) is 5.14. The third-order valence-corrected chi connectivity index (χ3v) is 3.38. The number of furan rings is 1. The third-order valence-electron chi connectivity index (χ3n) is 3.38. The van der Waals surface area contributed by atoms with E-state index in [9.17, 15) is 0 Å². The van der Waals surface area contributed by atoms with E-state index in [1.165, 1.54) is 32.1 Å². The van der Waals surface area contributed by atoms with Crippen molar-refractivity contribution in [3.05, 3.63) is 24.2 Å². The molecular formula is C14H23N3O. The lowest BCUT2D eigenvalue weighted by Gasteiger charge is -2.20. The first-order chi connectivity index (χ1) is 8.74. The van der Waals surface area contributed by atoms with Crippen LogP contribution in [-0.4, -0.2) is 18.0 Å². The number of nitrogens with one attached hydrogen (secondary N) is 1. The van der Waals surface area contributed by atoms with Crippen molar-refractivity contribution in [1.29, 1.82) is 0 Å². The molecule has 1 saturated carbocycles. The van der Waals surface area contributed by atoms with Crippen LogP contribution in [0.1, 0.15) is 44.8 Å². The van der Waals surface area contributed by atoms with Crippen molar-refractivity contribution in [2.24, 2.45) is 10.7 Å². The highest BCUT2D eigenvalue weighted by Gasteiger charge is 2.13. The van der Waals surface area contributed by atoms with Crippen LogP contribution in [0.25, 0.3) is 0 Å². The summed E-state index contributed by atoms with van der Waals surface area (Å²) >= 11 is 0. The fraction of sp³-hybridized carbons (Fsp3) is 0.643. The van der Waals surface area contributed by atoms with Gasteiger partial charge in [-0.05, 0) is 31.9 Å². The van der Waals surface area contributed by atoms with E-state index in [2.05, 4.69) is 17.2 Å². The van der Waals surface area contributed by atoms with Crippen molar-refractivity contribution >= 4 is 5.96 Å². The van der Waals surface area contributed by atoms with Gasteiger partial charge in [-0.15, -0.1) is 0 Å². The molecule has 0 saturated heterocycles. The highest BCUT2D eigenvalue weighted by molar-refractivity contribution is 5.78. The van der Waals surface area contributed by atoms with Crippen LogP contribution < -0.4 is 11.1 Å². The van der Waals surface area contributed by atoms with Crippen LogP contribution in [0.2, 0.25) is 0 Å². The van der Waals surface area contributed by atoms with Crippen molar-refractivity contribution in [3.63, 3.8) is 0 Å². The summed E-state index contributed by atoms with van der Waals surface area (Å²) in [6, 6.07) is 4.54. The summed E-state index contributed by atoms with van der Waals surface area (Å²) in [7, 11) is 0. The highest BCUT2D eigenvalue weighted by atomic mass is 16.3. The van der Waals surface area contributed by atoms with Crippen LogP contribution in [-0.2, 0) is 6.42 Å². The van der Waals surface area contributed by atoms with Gasteiger partial charge in [-0.1, -0.05) is 19.3 Å². The number of hydrogen-bond donors (Lipinski definition) is 2. The zero-order valence-electron chi connectivity index (χ0n) is 11.1. The molecule has 4 nitrogen and oxygen atoms in total. The smallest absolute Gasteiger partial charge is 0.189 e. The Morgan fingerprint density at radius 2 is 2.28 bits per heavy atom. The highest BCUT2D eigenvalue weighted by Crippen LogP contribution is 2.19. The molecule has 0 bridgehead atoms. The fourth-order valence-corrected chi connectivity index (χ4v) is 2.48. The summed E-state index contributed by atoms with van der Waals surface area (Å²) in [5.41, 5.74) is 5.94. The molecule has 1 fully saturated rings. The van der Waals surface area contributed by atoms with Crippen molar-refractivity contribution in [2.45, 2.75) is 57.5 Å². The van der Waals surface area contributed by atoms with Gasteiger partial charge in [-0.3, -0.25) is 4.99 Å². The van der Waals surface area contributed by atoms with Crippen LogP contribution in [0.5, 0.6) is 0 Å². The molecule has 18 heavy (non-hydrogen) atoms. The molecule has 1 aromatic rings. The Hall–Kier alpha value is -1.45. The second-order valence-electron chi connectivity index (χ2n) is 5.14. The van der Waals surface area contributed by atoms with E-state index in [-0.39, 0.29) is 6.04 Å². The van der Waals surface area contributed by atoms with Gasteiger partial charge < -0.3 is 15.5 Å². The van der Waals surface area contributed by atoms with E-state index >= 15 is 0 Å². The molecule has 1 heterocycles. The second kappa shape index (κ2) is 6.47. The third kappa shape index (κ3) is 4.09. The average Bonchev–Trinajstić information content (AvgIpc) is 2.82. The van der Waals surface area contributed by atoms with Gasteiger partial charge in [-0.25, -0.2) is 0 Å². The lowest BCUT2D eigenvalue weighted by Crippen LogP contribution is -2.40. The number of guanidine groups is 1. The van der Waals surface area contributed by atoms with E-state index in [4.69, 9.17) is 10.2 Å². The fourth-order valence-electron chi connectivity index (χ4n) is 2.48. The number of aliphatic imine (C=N–C) groups is 1. The summed E-state index contributed by atoms with van der Waals surface area (Å²) < 4.78 is 5.31. The van der Waals surface area contributed by atoms with Gasteiger partial charge in [0.2, 0.25) is 0 Å². The summed E-state index contributed by atoms with van der Waals surface area (Å²) in [4.78, 5) is 4.56. The predicted molar refractivity (Wildman–Crippen MR) is 73.5 cm³/mol. The van der Waals surface area contributed by atoms with Crippen LogP contribution in [0.15, 0.2) is 27.8 Å². The van der Waals surface area contributed by atoms with E-state index in [1.807, 2.05) is 12.1 Å². The summed E-state index contributed by atoms with van der Waals surface area (Å²) in [5.74, 6) is 1.54. The molecule has 0 aromatic carbocycles. The lowest BCUT2D eigenvalue weighted by atomic mass is 9.96. The summed E-state index contributed by atoms with van der Waals surface area (Å²) in [6.07, 6.45) is 8.78. The number of rotatable bonds is 4. The molecule has 2 rings (SSSR count). The molecule has 1 aliphatic rings. The van der Waals surface area contributed by atoms with E-state index in [0.29, 0.717) is 12.0 Å². The van der Waals surface area contributed by atoms with Crippen molar-refractivity contribution in [1.82, 2.24) is 5.32 Å². The Kier molecular flexibility index (Phi) is 4.67. The Labute approximate surface area is 109 Å². The molecule has 0 spiro atoms. The largest absolute Gasteiger partial charge is 0.469 e. The molecule has 4 heteroatoms. The molecule has 1 aliphatic carbocycles. The molecule has 3 N–H and O–H groups in total. The van der Waals surface area contributed by atoms with Crippen molar-refractivity contribution in [2.75, 3.05) is 0 Å². The van der Waals surface area contributed by atoms with Gasteiger partial charge in [0, 0.05) is 12.5 Å². The molecule has 1 aromatic heterocycles. The first-order valence-electron chi connectivity index (χ1n) is 6.86. The van der Waals surface area contributed by atoms with E-state index in [1.54, 1.807) is 6.26 Å². The zero-order valence-corrected chi connectivity index (χ0v) is 11.1. The van der Waals surface area contributed by atoms with E-state index in [0.717, 1.165) is 12.2 Å². The monoisotopic (exact) mass is 249 g/mol. The SMILES string of the molecule is CC(Cc1ccco1)NC(N)=NC1CCCCC1. The molecule has 0 amide bonds. The minimum absolute atomic E-state index is 0.239. The van der Waals surface area contributed by atoms with Gasteiger partial charge in [0.25, 0.3) is 0 Å². The molecular weight excluding hydrogens is 226 g/mol. The van der Waals surface area contributed by atoms with Gasteiger partial charge in [0.1, 0.15) is 5.76 Å². The summed E-state index contributed by atoms with van der Waals surface area (Å²) in [5, 5.41) is 3.23. The maximum absolute atomic E-state index is 5.94. The molecule has 1 atom stereocenters. The minimum Gasteiger partial charge on any atom is -0.469 e. The Morgan fingerprint density at radius 1 is 1.50 bits per heavy atom. The molecule has 100 valence electrons. The quantitative estimate of drug-likeness (QED) is 0.636. The minimum atomic E-state index is 0.239. The average molecular weight is 249 g/mol. The standard InChI is InChI=1S/C14H23N3O/c1-11(10-13-8-5-9-18-13)16-14(15)17-12-6-3-2-4-7-12/h5,8-9,11-12H,2-4,6-7,10H2,1H3,(H3,15,16,17). The van der Waals surface area contributed by atoms with Gasteiger partial charge in [0.05, 0.1) is 12.3 Å². The maximum atomic E-state index is 5.94. The summed E-state index contributed by atoms with van der Waals surface area (Å²) in [6.45, 7) is 2.09. The zero-order chi connectivity index (χ0) is 12.8. The molecule has 0 radical (unpaired) electrons. The van der Waals surface area contributed by atoms with Crippen LogP contribution in [0, 0.1) is 0 Å². The Balaban J connectivity index is 1.78.